The number of hydrogen-bond donors (Lipinski definition) is 1. The van der Waals surface area contributed by atoms with Crippen molar-refractivity contribution in [3.63, 3.8) is 0 Å². The minimum Gasteiger partial charge on any atom is -0.325 e. The third-order valence-electron chi connectivity index (χ3n) is 2.77. The average molecular weight is 347 g/mol. The molecule has 0 unspecified atom stereocenters. The summed E-state index contributed by atoms with van der Waals surface area (Å²) in [5, 5.41) is 2.17. The van der Waals surface area contributed by atoms with Crippen molar-refractivity contribution in [2.24, 2.45) is 0 Å². The van der Waals surface area contributed by atoms with Gasteiger partial charge in [0.05, 0.1) is 17.0 Å². The molecule has 0 aliphatic heterocycles. The van der Waals surface area contributed by atoms with Gasteiger partial charge >= 0.3 is 6.18 Å². The molecule has 0 bridgehead atoms. The number of thioether (sulfide) groups is 1. The van der Waals surface area contributed by atoms with Gasteiger partial charge in [-0.15, -0.1) is 11.8 Å². The molecular weight excluding hydrogens is 337 g/mol. The minimum atomic E-state index is -4.59. The smallest absolute Gasteiger partial charge is 0.325 e. The Labute approximate surface area is 132 Å². The number of anilines is 1. The van der Waals surface area contributed by atoms with Crippen LogP contribution in [0.5, 0.6) is 0 Å². The number of carbonyl (C=O) groups excluding carboxylic acids is 1. The second-order valence-electron chi connectivity index (χ2n) is 4.46. The van der Waals surface area contributed by atoms with Crippen molar-refractivity contribution in [2.45, 2.75) is 11.1 Å². The van der Waals surface area contributed by atoms with Crippen molar-refractivity contribution in [2.75, 3.05) is 11.1 Å². The highest BCUT2D eigenvalue weighted by atomic mass is 32.2. The second-order valence-corrected chi connectivity index (χ2v) is 5.50. The summed E-state index contributed by atoms with van der Waals surface area (Å²) in [7, 11) is 0. The summed E-state index contributed by atoms with van der Waals surface area (Å²) < 4.78 is 64.2. The van der Waals surface area contributed by atoms with E-state index in [4.69, 9.17) is 0 Å². The molecule has 2 rings (SSSR count). The molecule has 2 nitrogen and oxygen atoms in total. The number of amides is 1. The number of halogens is 5. The topological polar surface area (TPSA) is 29.1 Å². The van der Waals surface area contributed by atoms with Crippen molar-refractivity contribution in [1.82, 2.24) is 0 Å². The van der Waals surface area contributed by atoms with Crippen LogP contribution in [0.4, 0.5) is 27.6 Å². The molecule has 0 fully saturated rings. The minimum absolute atomic E-state index is 0.239. The lowest BCUT2D eigenvalue weighted by Crippen LogP contribution is -2.18. The van der Waals surface area contributed by atoms with Gasteiger partial charge in [0.1, 0.15) is 0 Å². The van der Waals surface area contributed by atoms with Crippen LogP contribution in [0.25, 0.3) is 0 Å². The number of nitrogens with one attached hydrogen (secondary N) is 1. The summed E-state index contributed by atoms with van der Waals surface area (Å²) in [5.41, 5.74) is -1.30. The van der Waals surface area contributed by atoms with Gasteiger partial charge in [0.15, 0.2) is 11.6 Å². The van der Waals surface area contributed by atoms with E-state index in [0.29, 0.717) is 4.90 Å². The Morgan fingerprint density at radius 3 is 2.39 bits per heavy atom. The second kappa shape index (κ2) is 6.99. The van der Waals surface area contributed by atoms with Crippen molar-refractivity contribution in [3.05, 3.63) is 59.7 Å². The largest absolute Gasteiger partial charge is 0.418 e. The van der Waals surface area contributed by atoms with Crippen molar-refractivity contribution >= 4 is 23.4 Å². The summed E-state index contributed by atoms with van der Waals surface area (Å²) in [5.74, 6) is -3.00. The molecule has 0 spiro atoms. The fourth-order valence-electron chi connectivity index (χ4n) is 1.74. The number of alkyl halides is 3. The Balaban J connectivity index is 2.02. The van der Waals surface area contributed by atoms with Crippen LogP contribution in [0.1, 0.15) is 5.56 Å². The number of carbonyl (C=O) groups is 1. The maximum Gasteiger partial charge on any atom is 0.418 e. The van der Waals surface area contributed by atoms with Gasteiger partial charge in [-0.1, -0.05) is 12.1 Å². The van der Waals surface area contributed by atoms with Crippen molar-refractivity contribution in [1.29, 1.82) is 0 Å². The lowest BCUT2D eigenvalue weighted by molar-refractivity contribution is -0.137. The Hall–Kier alpha value is -2.09. The van der Waals surface area contributed by atoms with E-state index in [1.807, 2.05) is 0 Å². The molecule has 0 aliphatic rings. The first-order valence-electron chi connectivity index (χ1n) is 6.31. The average Bonchev–Trinajstić information content (AvgIpc) is 2.48. The number of para-hydroxylation sites is 1. The van der Waals surface area contributed by atoms with Gasteiger partial charge in [0.25, 0.3) is 0 Å². The SMILES string of the molecule is O=C(CSc1ccc(F)c(F)c1)Nc1ccccc1C(F)(F)F. The van der Waals surface area contributed by atoms with Gasteiger partial charge in [-0.3, -0.25) is 4.79 Å². The normalized spacial score (nSPS) is 11.3. The fraction of sp³-hybridized carbons (Fsp3) is 0.133. The van der Waals surface area contributed by atoms with Crippen LogP contribution in [-0.2, 0) is 11.0 Å². The zero-order chi connectivity index (χ0) is 17.0. The highest BCUT2D eigenvalue weighted by Gasteiger charge is 2.33. The predicted octanol–water partition coefficient (Wildman–Crippen LogP) is 4.71. The quantitative estimate of drug-likeness (QED) is 0.641. The Kier molecular flexibility index (Phi) is 5.25. The number of rotatable bonds is 4. The van der Waals surface area contributed by atoms with E-state index in [9.17, 15) is 26.7 Å². The first kappa shape index (κ1) is 17.3. The molecule has 0 aromatic heterocycles. The van der Waals surface area contributed by atoms with E-state index in [0.717, 1.165) is 36.0 Å². The zero-order valence-electron chi connectivity index (χ0n) is 11.5. The first-order chi connectivity index (χ1) is 10.8. The number of hydrogen-bond acceptors (Lipinski definition) is 2. The molecular formula is C15H10F5NOS. The van der Waals surface area contributed by atoms with Crippen LogP contribution >= 0.6 is 11.8 Å². The highest BCUT2D eigenvalue weighted by molar-refractivity contribution is 8.00. The molecule has 23 heavy (non-hydrogen) atoms. The third-order valence-corrected chi connectivity index (χ3v) is 3.76. The zero-order valence-corrected chi connectivity index (χ0v) is 12.3. The Morgan fingerprint density at radius 2 is 1.74 bits per heavy atom. The van der Waals surface area contributed by atoms with Crippen LogP contribution in [0, 0.1) is 11.6 Å². The summed E-state index contributed by atoms with van der Waals surface area (Å²) in [6.45, 7) is 0. The molecule has 0 atom stereocenters. The molecule has 8 heteroatoms. The van der Waals surface area contributed by atoms with Gasteiger partial charge in [-0.2, -0.15) is 13.2 Å². The third kappa shape index (κ3) is 4.69. The number of benzene rings is 2. The van der Waals surface area contributed by atoms with E-state index in [1.54, 1.807) is 0 Å². The lowest BCUT2D eigenvalue weighted by atomic mass is 10.1. The molecule has 0 heterocycles. The van der Waals surface area contributed by atoms with Gasteiger partial charge in [-0.25, -0.2) is 8.78 Å². The predicted molar refractivity (Wildman–Crippen MR) is 77.2 cm³/mol. The molecule has 122 valence electrons. The molecule has 2 aromatic rings. The van der Waals surface area contributed by atoms with Gasteiger partial charge < -0.3 is 5.32 Å². The Morgan fingerprint density at radius 1 is 1.04 bits per heavy atom. The molecule has 0 aliphatic carbocycles. The van der Waals surface area contributed by atoms with Crippen LogP contribution in [-0.4, -0.2) is 11.7 Å². The summed E-state index contributed by atoms with van der Waals surface area (Å²) >= 11 is 0.884. The van der Waals surface area contributed by atoms with Gasteiger partial charge in [-0.05, 0) is 30.3 Å². The maximum atomic E-state index is 13.0. The fourth-order valence-corrected chi connectivity index (χ4v) is 2.46. The molecule has 1 N–H and O–H groups in total. The Bertz CT molecular complexity index is 717. The van der Waals surface area contributed by atoms with Crippen LogP contribution in [0.15, 0.2) is 47.4 Å². The van der Waals surface area contributed by atoms with Gasteiger partial charge in [0, 0.05) is 4.90 Å². The molecule has 1 amide bonds. The summed E-state index contributed by atoms with van der Waals surface area (Å²) in [6, 6.07) is 7.69. The van der Waals surface area contributed by atoms with Crippen molar-refractivity contribution in [3.8, 4) is 0 Å². The van der Waals surface area contributed by atoms with Gasteiger partial charge in [0.2, 0.25) is 5.91 Å². The van der Waals surface area contributed by atoms with E-state index in [1.165, 1.54) is 18.2 Å². The standard InChI is InChI=1S/C15H10F5NOS/c16-11-6-5-9(7-12(11)17)23-8-14(22)21-13-4-2-1-3-10(13)15(18,19)20/h1-7H,8H2,(H,21,22). The van der Waals surface area contributed by atoms with E-state index >= 15 is 0 Å². The monoisotopic (exact) mass is 347 g/mol. The summed E-state index contributed by atoms with van der Waals surface area (Å²) in [4.78, 5) is 12.0. The lowest BCUT2D eigenvalue weighted by Gasteiger charge is -2.13. The molecule has 2 aromatic carbocycles. The van der Waals surface area contributed by atoms with Crippen LogP contribution in [0.2, 0.25) is 0 Å². The van der Waals surface area contributed by atoms with E-state index in [2.05, 4.69) is 5.32 Å². The van der Waals surface area contributed by atoms with E-state index in [-0.39, 0.29) is 11.4 Å². The highest BCUT2D eigenvalue weighted by Crippen LogP contribution is 2.34. The molecule has 0 radical (unpaired) electrons. The first-order valence-corrected chi connectivity index (χ1v) is 7.30. The van der Waals surface area contributed by atoms with E-state index < -0.39 is 29.3 Å². The van der Waals surface area contributed by atoms with Crippen LogP contribution < -0.4 is 5.32 Å². The molecule has 0 saturated carbocycles. The summed E-state index contributed by atoms with van der Waals surface area (Å²) in [6.07, 6.45) is -4.59. The van der Waals surface area contributed by atoms with Crippen molar-refractivity contribution < 1.29 is 26.7 Å². The van der Waals surface area contributed by atoms with Crippen LogP contribution in [0.3, 0.4) is 0 Å². The maximum absolute atomic E-state index is 13.0. The molecule has 0 saturated heterocycles.